The molecule has 17 heavy (non-hydrogen) atoms. The van der Waals surface area contributed by atoms with E-state index in [0.717, 1.165) is 19.4 Å². The molecule has 1 N–H and O–H groups in total. The molecule has 0 aliphatic rings. The average Bonchev–Trinajstić information content (AvgIpc) is 2.26. The Bertz CT molecular complexity index is 299. The highest BCUT2D eigenvalue weighted by atomic mass is 79.9. The SMILES string of the molecule is CCCCN/C(CC)=C(/C=C\C(C)Br)[N+](=O)[O-]. The van der Waals surface area contributed by atoms with Crippen molar-refractivity contribution >= 4 is 15.9 Å². The molecule has 0 aromatic carbocycles. The number of rotatable bonds is 8. The Morgan fingerprint density at radius 2 is 2.18 bits per heavy atom. The minimum Gasteiger partial charge on any atom is -0.383 e. The van der Waals surface area contributed by atoms with Crippen molar-refractivity contribution in [1.29, 1.82) is 0 Å². The van der Waals surface area contributed by atoms with E-state index in [4.69, 9.17) is 0 Å². The lowest BCUT2D eigenvalue weighted by Gasteiger charge is -2.08. The van der Waals surface area contributed by atoms with E-state index < -0.39 is 0 Å². The van der Waals surface area contributed by atoms with Crippen LogP contribution in [-0.2, 0) is 0 Å². The highest BCUT2D eigenvalue weighted by Gasteiger charge is 2.13. The van der Waals surface area contributed by atoms with Crippen LogP contribution < -0.4 is 5.32 Å². The molecule has 4 nitrogen and oxygen atoms in total. The van der Waals surface area contributed by atoms with Crippen LogP contribution in [0.4, 0.5) is 0 Å². The highest BCUT2D eigenvalue weighted by Crippen LogP contribution is 2.11. The number of unbranched alkanes of at least 4 members (excludes halogenated alkanes) is 1. The van der Waals surface area contributed by atoms with Crippen LogP contribution in [0.15, 0.2) is 23.5 Å². The van der Waals surface area contributed by atoms with Crippen LogP contribution in [0.3, 0.4) is 0 Å². The van der Waals surface area contributed by atoms with E-state index >= 15 is 0 Å². The predicted molar refractivity (Wildman–Crippen MR) is 74.8 cm³/mol. The van der Waals surface area contributed by atoms with Crippen LogP contribution in [0.2, 0.25) is 0 Å². The van der Waals surface area contributed by atoms with Crippen molar-refractivity contribution in [2.24, 2.45) is 0 Å². The standard InChI is InChI=1S/C12H21BrN2O2/c1-4-6-9-14-11(5-2)12(15(16)17)8-7-10(3)13/h7-8,10,14H,4-6,9H2,1-3H3/b8-7-,12-11-. The van der Waals surface area contributed by atoms with Gasteiger partial charge < -0.3 is 5.32 Å². The molecule has 0 aliphatic heterocycles. The second-order valence-corrected chi connectivity index (χ2v) is 5.24. The van der Waals surface area contributed by atoms with E-state index in [1.165, 1.54) is 0 Å². The van der Waals surface area contributed by atoms with Gasteiger partial charge in [0.25, 0.3) is 5.70 Å². The minimum absolute atomic E-state index is 0.131. The molecule has 0 aromatic rings. The Morgan fingerprint density at radius 3 is 2.59 bits per heavy atom. The molecule has 1 atom stereocenters. The second kappa shape index (κ2) is 9.22. The van der Waals surface area contributed by atoms with Gasteiger partial charge in [0.15, 0.2) is 0 Å². The number of halogens is 1. The van der Waals surface area contributed by atoms with Gasteiger partial charge in [-0.2, -0.15) is 0 Å². The number of nitrogens with zero attached hydrogens (tertiary/aromatic N) is 1. The van der Waals surface area contributed by atoms with Crippen molar-refractivity contribution in [1.82, 2.24) is 5.32 Å². The molecule has 0 fully saturated rings. The van der Waals surface area contributed by atoms with Gasteiger partial charge in [0.05, 0.1) is 10.6 Å². The molecule has 0 saturated heterocycles. The maximum absolute atomic E-state index is 11.0. The molecule has 0 bridgehead atoms. The number of nitro groups is 1. The van der Waals surface area contributed by atoms with E-state index in [2.05, 4.69) is 28.2 Å². The topological polar surface area (TPSA) is 55.2 Å². The molecule has 0 aliphatic carbocycles. The smallest absolute Gasteiger partial charge is 0.287 e. The summed E-state index contributed by atoms with van der Waals surface area (Å²) in [7, 11) is 0. The molecule has 0 radical (unpaired) electrons. The summed E-state index contributed by atoms with van der Waals surface area (Å²) >= 11 is 3.33. The zero-order chi connectivity index (χ0) is 13.3. The fourth-order valence-corrected chi connectivity index (χ4v) is 1.46. The summed E-state index contributed by atoms with van der Waals surface area (Å²) in [6.45, 7) is 6.72. The Hall–Kier alpha value is -0.840. The molecule has 5 heteroatoms. The van der Waals surface area contributed by atoms with Gasteiger partial charge in [0.2, 0.25) is 0 Å². The van der Waals surface area contributed by atoms with Crippen molar-refractivity contribution < 1.29 is 4.92 Å². The van der Waals surface area contributed by atoms with E-state index in [-0.39, 0.29) is 15.4 Å². The lowest BCUT2D eigenvalue weighted by atomic mass is 10.2. The van der Waals surface area contributed by atoms with E-state index in [9.17, 15) is 10.1 Å². The van der Waals surface area contributed by atoms with Gasteiger partial charge in [0.1, 0.15) is 0 Å². The quantitative estimate of drug-likeness (QED) is 0.245. The Balaban J connectivity index is 4.84. The van der Waals surface area contributed by atoms with E-state index in [1.54, 1.807) is 12.2 Å². The summed E-state index contributed by atoms with van der Waals surface area (Å²) in [6, 6.07) is 0. The molecule has 0 saturated carbocycles. The Morgan fingerprint density at radius 1 is 1.53 bits per heavy atom. The molecule has 0 heterocycles. The van der Waals surface area contributed by atoms with Gasteiger partial charge in [-0.05, 0) is 19.8 Å². The number of allylic oxidation sites excluding steroid dienone is 3. The monoisotopic (exact) mass is 304 g/mol. The zero-order valence-electron chi connectivity index (χ0n) is 10.7. The third-order valence-electron chi connectivity index (χ3n) is 2.25. The zero-order valence-corrected chi connectivity index (χ0v) is 12.3. The van der Waals surface area contributed by atoms with Crippen LogP contribution in [0.5, 0.6) is 0 Å². The summed E-state index contributed by atoms with van der Waals surface area (Å²) in [5, 5.41) is 14.1. The molecule has 0 amide bonds. The third kappa shape index (κ3) is 7.15. The van der Waals surface area contributed by atoms with Gasteiger partial charge in [-0.1, -0.05) is 42.3 Å². The first-order chi connectivity index (χ1) is 8.02. The lowest BCUT2D eigenvalue weighted by molar-refractivity contribution is -0.420. The maximum atomic E-state index is 11.0. The van der Waals surface area contributed by atoms with Gasteiger partial charge in [0, 0.05) is 17.4 Å². The molecule has 1 unspecified atom stereocenters. The summed E-state index contributed by atoms with van der Waals surface area (Å²) in [5.74, 6) is 0. The number of nitrogens with one attached hydrogen (secondary N) is 1. The first kappa shape index (κ1) is 16.2. The molecule has 0 rings (SSSR count). The lowest BCUT2D eigenvalue weighted by Crippen LogP contribution is -2.18. The highest BCUT2D eigenvalue weighted by molar-refractivity contribution is 9.09. The molecular weight excluding hydrogens is 284 g/mol. The third-order valence-corrected chi connectivity index (χ3v) is 2.55. The second-order valence-electron chi connectivity index (χ2n) is 3.79. The fraction of sp³-hybridized carbons (Fsp3) is 0.667. The average molecular weight is 305 g/mol. The van der Waals surface area contributed by atoms with Crippen LogP contribution >= 0.6 is 15.9 Å². The molecule has 0 spiro atoms. The molecule has 98 valence electrons. The van der Waals surface area contributed by atoms with Crippen molar-refractivity contribution in [2.45, 2.75) is 44.9 Å². The molecule has 0 aromatic heterocycles. The summed E-state index contributed by atoms with van der Waals surface area (Å²) in [6.07, 6.45) is 6.08. The van der Waals surface area contributed by atoms with Crippen LogP contribution in [0.25, 0.3) is 0 Å². The van der Waals surface area contributed by atoms with Crippen molar-refractivity contribution in [3.8, 4) is 0 Å². The van der Waals surface area contributed by atoms with E-state index in [1.807, 2.05) is 13.8 Å². The predicted octanol–water partition coefficient (Wildman–Crippen LogP) is 3.61. The summed E-state index contributed by atoms with van der Waals surface area (Å²) in [5.41, 5.74) is 0.864. The number of hydrogen-bond donors (Lipinski definition) is 1. The summed E-state index contributed by atoms with van der Waals surface area (Å²) < 4.78 is 0. The van der Waals surface area contributed by atoms with Crippen LogP contribution in [-0.4, -0.2) is 16.3 Å². The minimum atomic E-state index is -0.330. The molecular formula is C12H21BrN2O2. The van der Waals surface area contributed by atoms with Crippen LogP contribution in [0, 0.1) is 10.1 Å². The Labute approximate surface area is 111 Å². The van der Waals surface area contributed by atoms with Crippen molar-refractivity contribution in [2.75, 3.05) is 6.54 Å². The van der Waals surface area contributed by atoms with Crippen molar-refractivity contribution in [3.05, 3.63) is 33.7 Å². The van der Waals surface area contributed by atoms with E-state index in [0.29, 0.717) is 12.1 Å². The fourth-order valence-electron chi connectivity index (χ4n) is 1.31. The first-order valence-electron chi connectivity index (χ1n) is 5.96. The van der Waals surface area contributed by atoms with Gasteiger partial charge in [-0.25, -0.2) is 0 Å². The van der Waals surface area contributed by atoms with Crippen molar-refractivity contribution in [3.63, 3.8) is 0 Å². The number of hydrogen-bond acceptors (Lipinski definition) is 3. The number of alkyl halides is 1. The van der Waals surface area contributed by atoms with Crippen LogP contribution in [0.1, 0.15) is 40.0 Å². The van der Waals surface area contributed by atoms with Gasteiger partial charge >= 0.3 is 0 Å². The van der Waals surface area contributed by atoms with Gasteiger partial charge in [-0.15, -0.1) is 0 Å². The van der Waals surface area contributed by atoms with Gasteiger partial charge in [-0.3, -0.25) is 10.1 Å². The largest absolute Gasteiger partial charge is 0.383 e. The summed E-state index contributed by atoms with van der Waals surface area (Å²) in [4.78, 5) is 10.8. The Kier molecular flexibility index (Phi) is 8.76. The first-order valence-corrected chi connectivity index (χ1v) is 6.88. The maximum Gasteiger partial charge on any atom is 0.287 e. The normalized spacial score (nSPS) is 14.6.